The summed E-state index contributed by atoms with van der Waals surface area (Å²) in [7, 11) is 1.62. The number of carbonyl (C=O) groups excluding carboxylic acids is 1. The highest BCUT2D eigenvalue weighted by Gasteiger charge is 2.58. The molecule has 158 valence electrons. The van der Waals surface area contributed by atoms with E-state index in [1.54, 1.807) is 7.11 Å². The summed E-state index contributed by atoms with van der Waals surface area (Å²) >= 11 is 5.62. The highest BCUT2D eigenvalue weighted by Crippen LogP contribution is 2.51. The summed E-state index contributed by atoms with van der Waals surface area (Å²) in [5.41, 5.74) is 2.89. The van der Waals surface area contributed by atoms with Gasteiger partial charge in [0.1, 0.15) is 5.92 Å². The average Bonchev–Trinajstić information content (AvgIpc) is 2.69. The first-order chi connectivity index (χ1) is 14.3. The van der Waals surface area contributed by atoms with Crippen molar-refractivity contribution in [2.75, 3.05) is 19.0 Å². The molecule has 0 unspecified atom stereocenters. The normalized spacial score (nSPS) is 24.4. The first-order valence-corrected chi connectivity index (χ1v) is 10.5. The number of fused-ring (bicyclic) bond motifs is 4. The molecule has 0 spiro atoms. The van der Waals surface area contributed by atoms with Crippen molar-refractivity contribution >= 4 is 28.9 Å². The Bertz CT molecular complexity index is 1020. The average molecular weight is 426 g/mol. The van der Waals surface area contributed by atoms with E-state index >= 15 is 0 Å². The zero-order chi connectivity index (χ0) is 21.6. The molecular formula is C23H27N3O3S. The van der Waals surface area contributed by atoms with Crippen LogP contribution in [0.1, 0.15) is 36.6 Å². The predicted octanol–water partition coefficient (Wildman–Crippen LogP) is 3.93. The van der Waals surface area contributed by atoms with Gasteiger partial charge in [-0.15, -0.1) is 0 Å². The summed E-state index contributed by atoms with van der Waals surface area (Å²) in [6.07, 6.45) is 0. The first-order valence-electron chi connectivity index (χ1n) is 10.1. The molecule has 30 heavy (non-hydrogen) atoms. The number of rotatable bonds is 4. The third-order valence-corrected chi connectivity index (χ3v) is 6.42. The summed E-state index contributed by atoms with van der Waals surface area (Å²) < 4.78 is 12.1. The molecule has 2 aliphatic heterocycles. The van der Waals surface area contributed by atoms with E-state index < -0.39 is 11.6 Å². The second-order valence-electron chi connectivity index (χ2n) is 7.99. The number of para-hydroxylation sites is 1. The number of nitrogens with one attached hydrogen (secondary N) is 2. The number of thiocarbonyl (C=S) groups is 1. The lowest BCUT2D eigenvalue weighted by Crippen LogP contribution is -2.71. The first kappa shape index (κ1) is 20.5. The number of anilines is 1. The van der Waals surface area contributed by atoms with Crippen molar-refractivity contribution in [3.8, 4) is 11.5 Å². The maximum absolute atomic E-state index is 13.6. The van der Waals surface area contributed by atoms with Crippen LogP contribution in [0.25, 0.3) is 0 Å². The second kappa shape index (κ2) is 7.47. The van der Waals surface area contributed by atoms with Gasteiger partial charge in [0.25, 0.3) is 0 Å². The number of ether oxygens (including phenoxy) is 2. The van der Waals surface area contributed by atoms with Gasteiger partial charge in [0, 0.05) is 17.8 Å². The zero-order valence-corrected chi connectivity index (χ0v) is 18.7. The van der Waals surface area contributed by atoms with E-state index in [1.807, 2.05) is 62.9 Å². The Morgan fingerprint density at radius 3 is 2.77 bits per heavy atom. The van der Waals surface area contributed by atoms with E-state index in [9.17, 15) is 4.79 Å². The summed E-state index contributed by atoms with van der Waals surface area (Å²) in [6, 6.07) is 11.4. The van der Waals surface area contributed by atoms with Gasteiger partial charge in [-0.2, -0.15) is 0 Å². The fourth-order valence-corrected chi connectivity index (χ4v) is 5.06. The fraction of sp³-hybridized carbons (Fsp3) is 0.391. The van der Waals surface area contributed by atoms with E-state index in [0.717, 1.165) is 22.4 Å². The molecule has 0 aromatic heterocycles. The molecular weight excluding hydrogens is 398 g/mol. The van der Waals surface area contributed by atoms with Crippen LogP contribution >= 0.6 is 12.2 Å². The van der Waals surface area contributed by atoms with Crippen LogP contribution in [0.5, 0.6) is 11.5 Å². The number of hydrogen-bond donors (Lipinski definition) is 2. The smallest absolute Gasteiger partial charge is 0.236 e. The van der Waals surface area contributed by atoms with Crippen LogP contribution in [-0.4, -0.2) is 35.3 Å². The number of benzene rings is 2. The molecule has 1 saturated heterocycles. The van der Waals surface area contributed by atoms with Crippen LogP contribution in [0.3, 0.4) is 0 Å². The number of carbonyl (C=O) groups is 1. The van der Waals surface area contributed by atoms with Crippen LogP contribution in [0.4, 0.5) is 5.69 Å². The minimum Gasteiger partial charge on any atom is -0.493 e. The summed E-state index contributed by atoms with van der Waals surface area (Å²) in [5, 5.41) is 7.08. The minimum absolute atomic E-state index is 0.114. The van der Waals surface area contributed by atoms with Gasteiger partial charge >= 0.3 is 0 Å². The van der Waals surface area contributed by atoms with E-state index in [2.05, 4.69) is 16.7 Å². The maximum Gasteiger partial charge on any atom is 0.236 e. The van der Waals surface area contributed by atoms with Gasteiger partial charge in [0.2, 0.25) is 5.91 Å². The molecule has 0 aliphatic carbocycles. The number of hydrogen-bond acceptors (Lipinski definition) is 4. The highest BCUT2D eigenvalue weighted by atomic mass is 32.1. The van der Waals surface area contributed by atoms with Crippen molar-refractivity contribution in [2.24, 2.45) is 5.92 Å². The van der Waals surface area contributed by atoms with E-state index in [1.165, 1.54) is 0 Å². The highest BCUT2D eigenvalue weighted by molar-refractivity contribution is 7.80. The van der Waals surface area contributed by atoms with Crippen molar-refractivity contribution in [1.82, 2.24) is 10.2 Å². The molecule has 2 aliphatic rings. The monoisotopic (exact) mass is 425 g/mol. The van der Waals surface area contributed by atoms with Crippen LogP contribution in [0.2, 0.25) is 0 Å². The van der Waals surface area contributed by atoms with Crippen molar-refractivity contribution in [2.45, 2.75) is 39.5 Å². The van der Waals surface area contributed by atoms with Crippen LogP contribution in [0, 0.1) is 19.8 Å². The third kappa shape index (κ3) is 3.08. The Balaban J connectivity index is 1.79. The lowest BCUT2D eigenvalue weighted by molar-refractivity contribution is -0.149. The quantitative estimate of drug-likeness (QED) is 0.724. The molecule has 1 amide bonds. The Hall–Kier alpha value is -2.80. The van der Waals surface area contributed by atoms with Gasteiger partial charge in [0.15, 0.2) is 22.3 Å². The lowest BCUT2D eigenvalue weighted by atomic mass is 9.78. The second-order valence-corrected chi connectivity index (χ2v) is 8.38. The molecule has 2 aromatic rings. The van der Waals surface area contributed by atoms with Crippen molar-refractivity contribution in [3.05, 3.63) is 53.1 Å². The summed E-state index contributed by atoms with van der Waals surface area (Å²) in [5.74, 6) is 0.653. The van der Waals surface area contributed by atoms with Gasteiger partial charge in [-0.3, -0.25) is 4.79 Å². The van der Waals surface area contributed by atoms with Gasteiger partial charge in [0.05, 0.1) is 13.2 Å². The predicted molar refractivity (Wildman–Crippen MR) is 121 cm³/mol. The minimum atomic E-state index is -0.952. The number of nitrogens with zero attached hydrogens (tertiary/aromatic N) is 1. The molecule has 3 atom stereocenters. The third-order valence-electron chi connectivity index (χ3n) is 6.08. The van der Waals surface area contributed by atoms with E-state index in [0.29, 0.717) is 23.2 Å². The molecule has 2 bridgehead atoms. The van der Waals surface area contributed by atoms with Crippen molar-refractivity contribution < 1.29 is 14.3 Å². The van der Waals surface area contributed by atoms with Gasteiger partial charge in [-0.25, -0.2) is 0 Å². The molecule has 0 saturated carbocycles. The molecule has 2 heterocycles. The molecule has 2 aromatic carbocycles. The Morgan fingerprint density at radius 1 is 1.33 bits per heavy atom. The fourth-order valence-electron chi connectivity index (χ4n) is 4.62. The molecule has 6 nitrogen and oxygen atoms in total. The Morgan fingerprint density at radius 2 is 2.10 bits per heavy atom. The van der Waals surface area contributed by atoms with Gasteiger partial charge < -0.3 is 25.0 Å². The largest absolute Gasteiger partial charge is 0.493 e. The number of methoxy groups -OCH3 is 1. The summed E-state index contributed by atoms with van der Waals surface area (Å²) in [4.78, 5) is 15.6. The molecule has 1 fully saturated rings. The molecule has 2 N–H and O–H groups in total. The maximum atomic E-state index is 13.6. The van der Waals surface area contributed by atoms with Gasteiger partial charge in [-0.1, -0.05) is 29.8 Å². The lowest BCUT2D eigenvalue weighted by Gasteiger charge is -2.56. The van der Waals surface area contributed by atoms with Crippen molar-refractivity contribution in [1.29, 1.82) is 0 Å². The number of amides is 1. The molecule has 0 radical (unpaired) electrons. The van der Waals surface area contributed by atoms with Gasteiger partial charge in [-0.05, 0) is 57.6 Å². The van der Waals surface area contributed by atoms with E-state index in [4.69, 9.17) is 21.7 Å². The van der Waals surface area contributed by atoms with Crippen LogP contribution in [0.15, 0.2) is 36.4 Å². The standard InChI is InChI=1S/C23H27N3O3S/c1-6-26-22(30)25-19-15-8-7-9-17(28-5)20(15)29-23(26,4)18(19)21(27)24-16-11-10-13(2)12-14(16)3/h7-12,18-19H,6H2,1-5H3,(H,24,27)(H,25,30)/t18-,19+,23+/m1/s1. The van der Waals surface area contributed by atoms with Crippen LogP contribution in [-0.2, 0) is 4.79 Å². The number of aryl methyl sites for hydroxylation is 2. The SMILES string of the molecule is CCN1C(=S)N[C@H]2c3cccc(OC)c3O[C@@]1(C)[C@H]2C(=O)Nc1ccc(C)cc1C. The van der Waals surface area contributed by atoms with Crippen LogP contribution < -0.4 is 20.1 Å². The van der Waals surface area contributed by atoms with E-state index in [-0.39, 0.29) is 11.9 Å². The topological polar surface area (TPSA) is 62.8 Å². The van der Waals surface area contributed by atoms with Crippen molar-refractivity contribution in [3.63, 3.8) is 0 Å². The summed E-state index contributed by atoms with van der Waals surface area (Å²) in [6.45, 7) is 8.56. The molecule has 4 rings (SSSR count). The Kier molecular flexibility index (Phi) is 5.10. The Labute approximate surface area is 182 Å². The molecule has 7 heteroatoms. The zero-order valence-electron chi connectivity index (χ0n) is 17.9.